The van der Waals surface area contributed by atoms with Gasteiger partial charge in [-0.3, -0.25) is 19.2 Å². The highest BCUT2D eigenvalue weighted by Crippen LogP contribution is 2.37. The van der Waals surface area contributed by atoms with Crippen molar-refractivity contribution < 1.29 is 19.2 Å². The number of ketones is 2. The maximum absolute atomic E-state index is 13.1. The van der Waals surface area contributed by atoms with Gasteiger partial charge in [0.05, 0.1) is 21.4 Å². The van der Waals surface area contributed by atoms with E-state index in [0.717, 1.165) is 35.1 Å². The Labute approximate surface area is 314 Å². The molecule has 2 atom stereocenters. The zero-order valence-corrected chi connectivity index (χ0v) is 31.6. The van der Waals surface area contributed by atoms with Crippen LogP contribution in [0.2, 0.25) is 10.0 Å². The molecule has 0 aliphatic rings. The fourth-order valence-electron chi connectivity index (χ4n) is 5.42. The van der Waals surface area contributed by atoms with Gasteiger partial charge in [-0.05, 0) is 98.2 Å². The summed E-state index contributed by atoms with van der Waals surface area (Å²) in [6.45, 7) is 10.7. The lowest BCUT2D eigenvalue weighted by atomic mass is 10.0. The second-order valence-electron chi connectivity index (χ2n) is 12.2. The summed E-state index contributed by atoms with van der Waals surface area (Å²) in [5.41, 5.74) is 7.32. The van der Waals surface area contributed by atoms with E-state index in [4.69, 9.17) is 23.2 Å². The molecule has 0 fully saturated rings. The Morgan fingerprint density at radius 1 is 0.558 bits per heavy atom. The number of rotatable bonds is 15. The number of Topliss-reactive ketones (excluding diaryl/α,β-unsaturated/α-hetero) is 2. The summed E-state index contributed by atoms with van der Waals surface area (Å²) in [6.07, 6.45) is 3.17. The predicted molar refractivity (Wildman–Crippen MR) is 208 cm³/mol. The molecular weight excluding hydrogens is 699 g/mol. The number of anilines is 2. The number of carbonyl (C=O) groups is 4. The highest BCUT2D eigenvalue weighted by Gasteiger charge is 2.25. The monoisotopic (exact) mass is 740 g/mol. The maximum Gasteiger partial charge on any atom is 0.258 e. The van der Waals surface area contributed by atoms with E-state index < -0.39 is 35.5 Å². The van der Waals surface area contributed by atoms with E-state index in [1.165, 1.54) is 13.8 Å². The number of hydrogen-bond acceptors (Lipinski definition) is 8. The largest absolute Gasteiger partial charge is 0.324 e. The summed E-state index contributed by atoms with van der Waals surface area (Å²) in [5, 5.41) is 22.6. The molecule has 52 heavy (non-hydrogen) atoms. The second kappa shape index (κ2) is 18.4. The van der Waals surface area contributed by atoms with Gasteiger partial charge in [0, 0.05) is 22.5 Å². The van der Waals surface area contributed by atoms with Gasteiger partial charge in [0.15, 0.2) is 11.6 Å². The van der Waals surface area contributed by atoms with E-state index >= 15 is 0 Å². The van der Waals surface area contributed by atoms with Crippen LogP contribution in [0.4, 0.5) is 22.7 Å². The topological polar surface area (TPSA) is 142 Å². The number of benzene rings is 4. The van der Waals surface area contributed by atoms with Crippen molar-refractivity contribution in [2.75, 3.05) is 10.6 Å². The SMILES string of the molecule is CCc1ccc(NC(=O)C(N=Nc2ccc(-c3ccc(N=NC(C(C)=O)C(=O)Nc4ccc(CC)cc4CC)cc3Cl)c(Cl)c2)C(C)=O)c(CC)c1. The van der Waals surface area contributed by atoms with Gasteiger partial charge < -0.3 is 10.6 Å². The van der Waals surface area contributed by atoms with Crippen LogP contribution in [0.3, 0.4) is 0 Å². The highest BCUT2D eigenvalue weighted by atomic mass is 35.5. The number of hydrogen-bond donors (Lipinski definition) is 2. The fraction of sp³-hybridized carbons (Fsp3) is 0.300. The Morgan fingerprint density at radius 3 is 1.25 bits per heavy atom. The third-order valence-electron chi connectivity index (χ3n) is 8.47. The minimum Gasteiger partial charge on any atom is -0.324 e. The molecule has 270 valence electrons. The van der Waals surface area contributed by atoms with Gasteiger partial charge in [0.25, 0.3) is 11.8 Å². The molecule has 0 aromatic heterocycles. The first-order valence-corrected chi connectivity index (χ1v) is 17.9. The number of azo groups is 2. The molecule has 12 heteroatoms. The van der Waals surface area contributed by atoms with E-state index in [2.05, 4.69) is 44.9 Å². The molecule has 0 aliphatic carbocycles. The van der Waals surface area contributed by atoms with Crippen molar-refractivity contribution in [3.63, 3.8) is 0 Å². The average Bonchev–Trinajstić information content (AvgIpc) is 3.12. The van der Waals surface area contributed by atoms with Gasteiger partial charge in [-0.2, -0.15) is 20.5 Å². The normalized spacial score (nSPS) is 12.5. The lowest BCUT2D eigenvalue weighted by Gasteiger charge is -2.14. The number of nitrogens with zero attached hydrogens (tertiary/aromatic N) is 4. The van der Waals surface area contributed by atoms with Crippen LogP contribution in [-0.4, -0.2) is 35.5 Å². The summed E-state index contributed by atoms with van der Waals surface area (Å²) in [7, 11) is 0. The summed E-state index contributed by atoms with van der Waals surface area (Å²) in [6, 6.07) is 18.7. The van der Waals surface area contributed by atoms with Crippen LogP contribution in [0.25, 0.3) is 11.1 Å². The van der Waals surface area contributed by atoms with Crippen molar-refractivity contribution in [1.82, 2.24) is 0 Å². The van der Waals surface area contributed by atoms with Crippen LogP contribution in [-0.2, 0) is 44.9 Å². The molecule has 0 heterocycles. The smallest absolute Gasteiger partial charge is 0.258 e. The molecule has 4 aromatic rings. The summed E-state index contributed by atoms with van der Waals surface area (Å²) < 4.78 is 0. The molecule has 4 rings (SSSR count). The van der Waals surface area contributed by atoms with Gasteiger partial charge in [-0.25, -0.2) is 0 Å². The first-order chi connectivity index (χ1) is 24.9. The molecule has 0 radical (unpaired) electrons. The first kappa shape index (κ1) is 39.7. The van der Waals surface area contributed by atoms with Gasteiger partial charge in [0.2, 0.25) is 12.1 Å². The number of nitrogens with one attached hydrogen (secondary N) is 2. The predicted octanol–water partition coefficient (Wildman–Crippen LogP) is 10.3. The zero-order valence-electron chi connectivity index (χ0n) is 30.1. The third-order valence-corrected chi connectivity index (χ3v) is 9.10. The fourth-order valence-corrected chi connectivity index (χ4v) is 5.97. The molecular formula is C40H42Cl2N6O4. The van der Waals surface area contributed by atoms with Crippen molar-refractivity contribution in [3.8, 4) is 11.1 Å². The Balaban J connectivity index is 1.48. The van der Waals surface area contributed by atoms with Crippen LogP contribution in [0.1, 0.15) is 63.8 Å². The van der Waals surface area contributed by atoms with E-state index in [0.29, 0.717) is 56.8 Å². The van der Waals surface area contributed by atoms with Crippen molar-refractivity contribution in [2.45, 2.75) is 79.3 Å². The average molecular weight is 742 g/mol. The van der Waals surface area contributed by atoms with E-state index in [1.807, 2.05) is 50.2 Å². The summed E-state index contributed by atoms with van der Waals surface area (Å²) in [5.74, 6) is -2.08. The number of amides is 2. The van der Waals surface area contributed by atoms with E-state index in [9.17, 15) is 19.2 Å². The van der Waals surface area contributed by atoms with Gasteiger partial charge in [0.1, 0.15) is 0 Å². The number of halogens is 2. The lowest BCUT2D eigenvalue weighted by molar-refractivity contribution is -0.127. The minimum absolute atomic E-state index is 0.298. The molecule has 2 N–H and O–H groups in total. The molecule has 0 spiro atoms. The quantitative estimate of drug-likeness (QED) is 0.0924. The molecule has 0 saturated heterocycles. The molecule has 2 amide bonds. The van der Waals surface area contributed by atoms with Crippen molar-refractivity contribution >= 4 is 69.3 Å². The van der Waals surface area contributed by atoms with Crippen LogP contribution in [0, 0.1) is 0 Å². The van der Waals surface area contributed by atoms with Crippen LogP contribution >= 0.6 is 23.2 Å². The number of aryl methyl sites for hydroxylation is 4. The standard InChI is InChI=1S/C40H42Cl2N6O4/c1-7-25-11-17-35(27(9-3)19-25)43-39(51)37(23(5)49)47-45-29-13-15-31(33(41)21-29)32-16-14-30(22-34(32)42)46-48-38(24(6)50)40(52)44-36-18-12-26(8-2)20-28(36)10-4/h11-22,37-38H,7-10H2,1-6H3,(H,43,51)(H,44,52). The minimum atomic E-state index is -1.35. The molecule has 0 aliphatic heterocycles. The van der Waals surface area contributed by atoms with Crippen molar-refractivity contribution in [3.05, 3.63) is 105 Å². The first-order valence-electron chi connectivity index (χ1n) is 17.2. The van der Waals surface area contributed by atoms with Gasteiger partial charge in [-0.1, -0.05) is 87.3 Å². The second-order valence-corrected chi connectivity index (χ2v) is 13.0. The molecule has 2 unspecified atom stereocenters. The molecule has 10 nitrogen and oxygen atoms in total. The maximum atomic E-state index is 13.1. The zero-order chi connectivity index (χ0) is 37.9. The van der Waals surface area contributed by atoms with Gasteiger partial charge in [-0.15, -0.1) is 0 Å². The van der Waals surface area contributed by atoms with Gasteiger partial charge >= 0.3 is 0 Å². The van der Waals surface area contributed by atoms with Crippen LogP contribution < -0.4 is 10.6 Å². The third kappa shape index (κ3) is 10.0. The Kier molecular flexibility index (Phi) is 14.1. The Morgan fingerprint density at radius 2 is 0.942 bits per heavy atom. The van der Waals surface area contributed by atoms with Crippen molar-refractivity contribution in [2.24, 2.45) is 20.5 Å². The summed E-state index contributed by atoms with van der Waals surface area (Å²) >= 11 is 13.3. The lowest BCUT2D eigenvalue weighted by Crippen LogP contribution is -2.32. The highest BCUT2D eigenvalue weighted by molar-refractivity contribution is 6.36. The van der Waals surface area contributed by atoms with E-state index in [-0.39, 0.29) is 0 Å². The Hall–Kier alpha value is -5.06. The summed E-state index contributed by atoms with van der Waals surface area (Å²) in [4.78, 5) is 50.9. The van der Waals surface area contributed by atoms with Crippen LogP contribution in [0.15, 0.2) is 93.3 Å². The van der Waals surface area contributed by atoms with Crippen LogP contribution in [0.5, 0.6) is 0 Å². The molecule has 4 aromatic carbocycles. The Bertz CT molecular complexity index is 1900. The van der Waals surface area contributed by atoms with E-state index in [1.54, 1.807) is 36.4 Å². The number of carbonyl (C=O) groups excluding carboxylic acids is 4. The molecule has 0 bridgehead atoms. The molecule has 0 saturated carbocycles. The van der Waals surface area contributed by atoms with Crippen molar-refractivity contribution in [1.29, 1.82) is 0 Å².